The summed E-state index contributed by atoms with van der Waals surface area (Å²) in [5.41, 5.74) is 5.23. The lowest BCUT2D eigenvalue weighted by Crippen LogP contribution is -2.47. The van der Waals surface area contributed by atoms with E-state index in [-0.39, 0.29) is 23.3 Å². The topological polar surface area (TPSA) is 117 Å². The van der Waals surface area contributed by atoms with Crippen molar-refractivity contribution in [2.24, 2.45) is 5.73 Å². The Balaban J connectivity index is 1.68. The Kier molecular flexibility index (Phi) is 6.32. The molecule has 0 fully saturated rings. The van der Waals surface area contributed by atoms with Gasteiger partial charge in [-0.25, -0.2) is 18.6 Å². The number of alkyl halides is 1. The van der Waals surface area contributed by atoms with Gasteiger partial charge in [0.25, 0.3) is 0 Å². The average molecular weight is 452 g/mol. The molecule has 0 saturated heterocycles. The Hall–Kier alpha value is -3.85. The first-order valence-corrected chi connectivity index (χ1v) is 10.4. The molecular weight excluding hydrogens is 430 g/mol. The molecule has 7 nitrogen and oxygen atoms in total. The number of ketones is 1. The van der Waals surface area contributed by atoms with E-state index >= 15 is 8.78 Å². The fourth-order valence-electron chi connectivity index (χ4n) is 4.15. The normalized spacial score (nSPS) is 22.7. The summed E-state index contributed by atoms with van der Waals surface area (Å²) in [6.07, 6.45) is 0.526. The number of halogens is 2. The number of nitrogens with zero attached hydrogens (tertiary/aromatic N) is 1. The van der Waals surface area contributed by atoms with Gasteiger partial charge < -0.3 is 21.5 Å². The Morgan fingerprint density at radius 1 is 1.12 bits per heavy atom. The van der Waals surface area contributed by atoms with Crippen LogP contribution in [0.4, 0.5) is 14.6 Å². The van der Waals surface area contributed by atoms with Gasteiger partial charge in [0.05, 0.1) is 22.9 Å². The van der Waals surface area contributed by atoms with E-state index in [4.69, 9.17) is 5.73 Å². The summed E-state index contributed by atoms with van der Waals surface area (Å²) in [5, 5.41) is 15.5. The van der Waals surface area contributed by atoms with E-state index in [0.717, 1.165) is 6.08 Å². The Morgan fingerprint density at radius 2 is 1.85 bits per heavy atom. The summed E-state index contributed by atoms with van der Waals surface area (Å²) >= 11 is 0. The zero-order valence-electron chi connectivity index (χ0n) is 17.5. The van der Waals surface area contributed by atoms with Gasteiger partial charge in [-0.05, 0) is 23.8 Å². The molecule has 0 bridgehead atoms. The third kappa shape index (κ3) is 4.27. The molecule has 9 heteroatoms. The monoisotopic (exact) mass is 452 g/mol. The predicted octanol–water partition coefficient (Wildman–Crippen LogP) is 2.62. The van der Waals surface area contributed by atoms with Crippen molar-refractivity contribution in [2.45, 2.75) is 18.1 Å². The van der Waals surface area contributed by atoms with E-state index in [1.165, 1.54) is 0 Å². The van der Waals surface area contributed by atoms with Gasteiger partial charge in [0.2, 0.25) is 0 Å². The van der Waals surface area contributed by atoms with E-state index < -0.39 is 41.4 Å². The third-order valence-electron chi connectivity index (χ3n) is 5.65. The van der Waals surface area contributed by atoms with E-state index in [1.807, 2.05) is 0 Å². The minimum atomic E-state index is -1.99. The first-order valence-electron chi connectivity index (χ1n) is 10.4. The van der Waals surface area contributed by atoms with E-state index in [0.29, 0.717) is 17.9 Å². The molecule has 0 aliphatic heterocycles. The van der Waals surface area contributed by atoms with Crippen molar-refractivity contribution in [1.29, 1.82) is 0 Å². The number of anilines is 1. The summed E-state index contributed by atoms with van der Waals surface area (Å²) in [6.45, 7) is 0.483. The number of allylic oxidation sites excluding steroid dienone is 3. The molecule has 0 spiro atoms. The second-order valence-corrected chi connectivity index (χ2v) is 7.68. The highest BCUT2D eigenvalue weighted by molar-refractivity contribution is 6.15. The van der Waals surface area contributed by atoms with Crippen LogP contribution in [0.2, 0.25) is 0 Å². The van der Waals surface area contributed by atoms with Crippen LogP contribution >= 0.6 is 0 Å². The number of nitrogens with one attached hydrogen (secondary N) is 2. The molecule has 3 atom stereocenters. The van der Waals surface area contributed by atoms with Crippen molar-refractivity contribution in [2.75, 3.05) is 18.4 Å². The van der Waals surface area contributed by atoms with Crippen LogP contribution in [0.1, 0.15) is 11.5 Å². The van der Waals surface area contributed by atoms with E-state index in [2.05, 4.69) is 15.6 Å². The van der Waals surface area contributed by atoms with E-state index in [1.54, 1.807) is 54.7 Å². The Bertz CT molecular complexity index is 1160. The second-order valence-electron chi connectivity index (χ2n) is 7.68. The lowest BCUT2D eigenvalue weighted by molar-refractivity contribution is -0.133. The Labute approximate surface area is 188 Å². The highest BCUT2D eigenvalue weighted by atomic mass is 19.1. The molecule has 0 amide bonds. The van der Waals surface area contributed by atoms with Gasteiger partial charge in [-0.15, -0.1) is 0 Å². The van der Waals surface area contributed by atoms with Crippen LogP contribution in [0.15, 0.2) is 89.0 Å². The molecular formula is C24H22F2N4O3. The summed E-state index contributed by atoms with van der Waals surface area (Å²) in [4.78, 5) is 28.7. The van der Waals surface area contributed by atoms with Crippen LogP contribution in [0.5, 0.6) is 0 Å². The number of carbonyl (C=O) groups is 2. The van der Waals surface area contributed by atoms with Crippen molar-refractivity contribution in [3.63, 3.8) is 0 Å². The molecule has 2 aliphatic rings. The van der Waals surface area contributed by atoms with Gasteiger partial charge in [0.1, 0.15) is 11.6 Å². The fraction of sp³-hybridized carbons (Fsp3) is 0.208. The molecule has 0 saturated carbocycles. The number of pyridine rings is 1. The number of carboxylic acid groups (broad SMARTS) is 1. The lowest BCUT2D eigenvalue weighted by Gasteiger charge is -2.35. The SMILES string of the molecule is NC1=C2C(=O)C=C(C(=O)O)C(c3ccccc3)C2=C(F)C(NCCNc2ccccn2)C1F. The third-order valence-corrected chi connectivity index (χ3v) is 5.65. The molecule has 0 radical (unpaired) electrons. The first-order chi connectivity index (χ1) is 15.9. The standard InChI is InChI=1S/C24H22F2N4O3/c25-20-19-17(13-6-2-1-3-7-13)14(24(32)33)12-15(31)18(19)22(27)21(26)23(20)30-11-10-29-16-8-4-5-9-28-16/h1-9,12,17,21,23,30H,10-11,27H2,(H,28,29)(H,32,33). The maximum Gasteiger partial charge on any atom is 0.332 e. The van der Waals surface area contributed by atoms with Gasteiger partial charge in [0, 0.05) is 30.8 Å². The van der Waals surface area contributed by atoms with Crippen LogP contribution < -0.4 is 16.4 Å². The molecule has 1 aromatic heterocycles. The summed E-state index contributed by atoms with van der Waals surface area (Å²) in [7, 11) is 0. The number of nitrogens with two attached hydrogens (primary N) is 1. The number of hydrogen-bond donors (Lipinski definition) is 4. The largest absolute Gasteiger partial charge is 0.478 e. The van der Waals surface area contributed by atoms with Crippen LogP contribution in [-0.4, -0.2) is 47.1 Å². The number of hydrogen-bond acceptors (Lipinski definition) is 6. The van der Waals surface area contributed by atoms with Crippen molar-refractivity contribution < 1.29 is 23.5 Å². The number of aliphatic carboxylic acids is 1. The van der Waals surface area contributed by atoms with Crippen LogP contribution in [0.3, 0.4) is 0 Å². The molecule has 5 N–H and O–H groups in total. The van der Waals surface area contributed by atoms with Crippen LogP contribution in [-0.2, 0) is 9.59 Å². The maximum atomic E-state index is 15.8. The zero-order chi connectivity index (χ0) is 23.5. The van der Waals surface area contributed by atoms with Crippen molar-refractivity contribution in [3.05, 3.63) is 94.6 Å². The minimum Gasteiger partial charge on any atom is -0.478 e. The molecule has 33 heavy (non-hydrogen) atoms. The smallest absolute Gasteiger partial charge is 0.332 e. The lowest BCUT2D eigenvalue weighted by atomic mass is 9.71. The number of fused-ring (bicyclic) bond motifs is 1. The minimum absolute atomic E-state index is 0.163. The average Bonchev–Trinajstić information content (AvgIpc) is 2.82. The van der Waals surface area contributed by atoms with Gasteiger partial charge in [-0.1, -0.05) is 36.4 Å². The number of rotatable bonds is 7. The van der Waals surface area contributed by atoms with Gasteiger partial charge in [0.15, 0.2) is 12.0 Å². The highest BCUT2D eigenvalue weighted by Crippen LogP contribution is 2.46. The summed E-state index contributed by atoms with van der Waals surface area (Å²) in [5.74, 6) is -3.60. The molecule has 4 rings (SSSR count). The molecule has 170 valence electrons. The number of benzene rings is 1. The molecule has 2 aliphatic carbocycles. The van der Waals surface area contributed by atoms with Crippen molar-refractivity contribution in [3.8, 4) is 0 Å². The zero-order valence-corrected chi connectivity index (χ0v) is 17.5. The highest BCUT2D eigenvalue weighted by Gasteiger charge is 2.46. The number of carboxylic acids is 1. The molecule has 2 aromatic rings. The Morgan fingerprint density at radius 3 is 2.52 bits per heavy atom. The molecule has 1 aromatic carbocycles. The van der Waals surface area contributed by atoms with Gasteiger partial charge in [-0.3, -0.25) is 4.79 Å². The number of aromatic nitrogens is 1. The first kappa shape index (κ1) is 22.3. The van der Waals surface area contributed by atoms with Crippen molar-refractivity contribution >= 4 is 17.6 Å². The fourth-order valence-corrected chi connectivity index (χ4v) is 4.15. The van der Waals surface area contributed by atoms with Crippen molar-refractivity contribution in [1.82, 2.24) is 10.3 Å². The summed E-state index contributed by atoms with van der Waals surface area (Å²) in [6, 6.07) is 12.2. The van der Waals surface area contributed by atoms with Crippen LogP contribution in [0, 0.1) is 0 Å². The predicted molar refractivity (Wildman–Crippen MR) is 119 cm³/mol. The quantitative estimate of drug-likeness (QED) is 0.477. The molecule has 3 unspecified atom stereocenters. The summed E-state index contributed by atoms with van der Waals surface area (Å²) < 4.78 is 30.9. The van der Waals surface area contributed by atoms with Gasteiger partial charge in [-0.2, -0.15) is 0 Å². The second kappa shape index (κ2) is 9.33. The number of carbonyl (C=O) groups excluding carboxylic acids is 1. The molecule has 1 heterocycles. The maximum absolute atomic E-state index is 15.8. The van der Waals surface area contributed by atoms with Gasteiger partial charge >= 0.3 is 5.97 Å². The van der Waals surface area contributed by atoms with Crippen LogP contribution in [0.25, 0.3) is 0 Å². The van der Waals surface area contributed by atoms with E-state index in [9.17, 15) is 14.7 Å².